The van der Waals surface area contributed by atoms with Gasteiger partial charge in [-0.1, -0.05) is 117 Å². The summed E-state index contributed by atoms with van der Waals surface area (Å²) in [4.78, 5) is 0. The molecule has 0 aliphatic heterocycles. The molecule has 1 aromatic rings. The highest BCUT2D eigenvalue weighted by Gasteiger charge is 2.14. The third kappa shape index (κ3) is 13.5. The standard InChI is InChI=1S/C28H55N2/c1-4-7-9-10-11-12-13-14-15-16-17-18-19-20-21-23-25-30-27-26-29(6-3)28(30)24-22-8-5-2/h26-27H,4-25H2,1-3H3/q+1. The number of hydrogen-bond donors (Lipinski definition) is 0. The zero-order valence-corrected chi connectivity index (χ0v) is 21.1. The predicted octanol–water partition coefficient (Wildman–Crippen LogP) is 8.79. The predicted molar refractivity (Wildman–Crippen MR) is 133 cm³/mol. The van der Waals surface area contributed by atoms with Crippen molar-refractivity contribution >= 4 is 0 Å². The molecule has 0 fully saturated rings. The van der Waals surface area contributed by atoms with Crippen LogP contribution in [0.1, 0.15) is 149 Å². The van der Waals surface area contributed by atoms with Crippen LogP contribution in [0.2, 0.25) is 0 Å². The average Bonchev–Trinajstić information content (AvgIpc) is 3.15. The normalized spacial score (nSPS) is 11.4. The lowest BCUT2D eigenvalue weighted by Crippen LogP contribution is -2.37. The molecule has 0 aromatic carbocycles. The minimum atomic E-state index is 1.10. The summed E-state index contributed by atoms with van der Waals surface area (Å²) in [5.41, 5.74) is 0. The molecule has 1 aromatic heterocycles. The average molecular weight is 420 g/mol. The van der Waals surface area contributed by atoms with Gasteiger partial charge in [-0.2, -0.15) is 0 Å². The van der Waals surface area contributed by atoms with Crippen molar-refractivity contribution in [3.63, 3.8) is 0 Å². The fraction of sp³-hybridized carbons (Fsp3) is 0.893. The van der Waals surface area contributed by atoms with Crippen LogP contribution in [0.5, 0.6) is 0 Å². The molecular weight excluding hydrogens is 364 g/mol. The Hall–Kier alpha value is -0.790. The molecule has 0 saturated carbocycles. The SMILES string of the molecule is CCCCCCCCCCCCCCCCCC[n+]1ccn(CC)c1CCCCC. The Morgan fingerprint density at radius 1 is 0.567 bits per heavy atom. The summed E-state index contributed by atoms with van der Waals surface area (Å²) < 4.78 is 4.98. The molecule has 0 amide bonds. The lowest BCUT2D eigenvalue weighted by molar-refractivity contribution is -0.704. The molecule has 2 nitrogen and oxygen atoms in total. The maximum absolute atomic E-state index is 2.53. The summed E-state index contributed by atoms with van der Waals surface area (Å²) in [6, 6.07) is 0. The van der Waals surface area contributed by atoms with Gasteiger partial charge < -0.3 is 0 Å². The first-order chi connectivity index (χ1) is 14.8. The Labute approximate surface area is 189 Å². The lowest BCUT2D eigenvalue weighted by atomic mass is 10.0. The highest BCUT2D eigenvalue weighted by molar-refractivity contribution is 4.83. The summed E-state index contributed by atoms with van der Waals surface area (Å²) in [5.74, 6) is 1.55. The lowest BCUT2D eigenvalue weighted by Gasteiger charge is -2.05. The molecule has 0 N–H and O–H groups in total. The van der Waals surface area contributed by atoms with Gasteiger partial charge in [-0.3, -0.25) is 0 Å². The van der Waals surface area contributed by atoms with Crippen molar-refractivity contribution in [3.8, 4) is 0 Å². The Balaban J connectivity index is 1.93. The largest absolute Gasteiger partial charge is 0.256 e. The van der Waals surface area contributed by atoms with Crippen LogP contribution < -0.4 is 4.57 Å². The molecule has 1 rings (SSSR count). The summed E-state index contributed by atoms with van der Waals surface area (Å²) >= 11 is 0. The summed E-state index contributed by atoms with van der Waals surface area (Å²) in [6.45, 7) is 9.18. The molecule has 0 atom stereocenters. The maximum Gasteiger partial charge on any atom is 0.256 e. The number of imidazole rings is 1. The molecule has 0 radical (unpaired) electrons. The van der Waals surface area contributed by atoms with Gasteiger partial charge in [0, 0.05) is 6.42 Å². The van der Waals surface area contributed by atoms with E-state index in [4.69, 9.17) is 0 Å². The Morgan fingerprint density at radius 3 is 1.47 bits per heavy atom. The molecule has 176 valence electrons. The number of rotatable bonds is 22. The van der Waals surface area contributed by atoms with Crippen LogP contribution in [0.4, 0.5) is 0 Å². The van der Waals surface area contributed by atoms with Crippen molar-refractivity contribution < 1.29 is 4.57 Å². The monoisotopic (exact) mass is 419 g/mol. The fourth-order valence-corrected chi connectivity index (χ4v) is 4.64. The van der Waals surface area contributed by atoms with E-state index in [9.17, 15) is 0 Å². The highest BCUT2D eigenvalue weighted by atomic mass is 15.1. The molecule has 1 heterocycles. The Kier molecular flexibility index (Phi) is 18.3. The first-order valence-corrected chi connectivity index (χ1v) is 13.9. The van der Waals surface area contributed by atoms with Gasteiger partial charge in [0.2, 0.25) is 0 Å². The van der Waals surface area contributed by atoms with Crippen LogP contribution in [0, 0.1) is 0 Å². The van der Waals surface area contributed by atoms with Gasteiger partial charge in [0.25, 0.3) is 5.82 Å². The number of aryl methyl sites for hydroxylation is 2. The van der Waals surface area contributed by atoms with Crippen molar-refractivity contribution in [2.45, 2.75) is 162 Å². The first kappa shape index (κ1) is 27.2. The van der Waals surface area contributed by atoms with Gasteiger partial charge in [0.15, 0.2) is 0 Å². The van der Waals surface area contributed by atoms with E-state index in [-0.39, 0.29) is 0 Å². The molecule has 0 spiro atoms. The van der Waals surface area contributed by atoms with Crippen molar-refractivity contribution in [2.75, 3.05) is 0 Å². The second-order valence-corrected chi connectivity index (χ2v) is 9.45. The number of aromatic nitrogens is 2. The van der Waals surface area contributed by atoms with E-state index in [0.29, 0.717) is 0 Å². The minimum Gasteiger partial charge on any atom is -0.235 e. The fourth-order valence-electron chi connectivity index (χ4n) is 4.64. The highest BCUT2D eigenvalue weighted by Crippen LogP contribution is 2.14. The van der Waals surface area contributed by atoms with Gasteiger partial charge in [0.05, 0.1) is 13.1 Å². The van der Waals surface area contributed by atoms with E-state index in [2.05, 4.69) is 42.3 Å². The Bertz CT molecular complexity index is 477. The van der Waals surface area contributed by atoms with Crippen LogP contribution in [0.3, 0.4) is 0 Å². The molecule has 0 aliphatic rings. The van der Waals surface area contributed by atoms with Crippen molar-refractivity contribution in [3.05, 3.63) is 18.2 Å². The molecule has 0 bridgehead atoms. The zero-order chi connectivity index (χ0) is 21.7. The molecule has 30 heavy (non-hydrogen) atoms. The first-order valence-electron chi connectivity index (χ1n) is 13.9. The number of unbranched alkanes of at least 4 members (excludes halogenated alkanes) is 17. The maximum atomic E-state index is 2.53. The van der Waals surface area contributed by atoms with Crippen LogP contribution in [0.15, 0.2) is 12.4 Å². The second kappa shape index (κ2) is 20.1. The third-order valence-electron chi connectivity index (χ3n) is 6.69. The van der Waals surface area contributed by atoms with Gasteiger partial charge in [0.1, 0.15) is 12.4 Å². The van der Waals surface area contributed by atoms with E-state index < -0.39 is 0 Å². The summed E-state index contributed by atoms with van der Waals surface area (Å²) in [7, 11) is 0. The molecule has 0 saturated heterocycles. The second-order valence-electron chi connectivity index (χ2n) is 9.45. The third-order valence-corrected chi connectivity index (χ3v) is 6.69. The van der Waals surface area contributed by atoms with Crippen molar-refractivity contribution in [1.29, 1.82) is 0 Å². The molecule has 0 unspecified atom stereocenters. The quantitative estimate of drug-likeness (QED) is 0.131. The van der Waals surface area contributed by atoms with E-state index in [0.717, 1.165) is 6.54 Å². The van der Waals surface area contributed by atoms with Crippen LogP contribution in [-0.2, 0) is 19.5 Å². The van der Waals surface area contributed by atoms with Gasteiger partial charge in [-0.15, -0.1) is 0 Å². The Morgan fingerprint density at radius 2 is 1.00 bits per heavy atom. The number of nitrogens with zero attached hydrogens (tertiary/aromatic N) is 2. The number of hydrogen-bond acceptors (Lipinski definition) is 0. The zero-order valence-electron chi connectivity index (χ0n) is 21.1. The summed E-state index contributed by atoms with van der Waals surface area (Å²) in [6.07, 6.45) is 33.0. The van der Waals surface area contributed by atoms with E-state index in [1.165, 1.54) is 135 Å². The van der Waals surface area contributed by atoms with E-state index >= 15 is 0 Å². The molecule has 2 heteroatoms. The van der Waals surface area contributed by atoms with Crippen LogP contribution in [0.25, 0.3) is 0 Å². The van der Waals surface area contributed by atoms with Gasteiger partial charge in [-0.25, -0.2) is 9.13 Å². The van der Waals surface area contributed by atoms with E-state index in [1.54, 1.807) is 5.82 Å². The van der Waals surface area contributed by atoms with Gasteiger partial charge >= 0.3 is 0 Å². The van der Waals surface area contributed by atoms with E-state index in [1.807, 2.05) is 0 Å². The molecule has 0 aliphatic carbocycles. The molecular formula is C28H55N2+. The van der Waals surface area contributed by atoms with Gasteiger partial charge in [-0.05, 0) is 26.2 Å². The minimum absolute atomic E-state index is 1.10. The van der Waals surface area contributed by atoms with Crippen LogP contribution >= 0.6 is 0 Å². The smallest absolute Gasteiger partial charge is 0.235 e. The topological polar surface area (TPSA) is 8.81 Å². The van der Waals surface area contributed by atoms with Crippen LogP contribution in [-0.4, -0.2) is 4.57 Å². The van der Waals surface area contributed by atoms with Crippen molar-refractivity contribution in [2.24, 2.45) is 0 Å². The summed E-state index contributed by atoms with van der Waals surface area (Å²) in [5, 5.41) is 0. The van der Waals surface area contributed by atoms with Crippen molar-refractivity contribution in [1.82, 2.24) is 4.57 Å².